The topological polar surface area (TPSA) is 71.1 Å². The van der Waals surface area contributed by atoms with Crippen molar-refractivity contribution in [2.45, 2.75) is 26.2 Å². The molecule has 116 valence electrons. The minimum absolute atomic E-state index is 0.141. The third-order valence-electron chi connectivity index (χ3n) is 3.02. The lowest BCUT2D eigenvalue weighted by Gasteiger charge is -2.05. The van der Waals surface area contributed by atoms with Gasteiger partial charge in [0.05, 0.1) is 15.2 Å². The molecule has 0 saturated carbocycles. The van der Waals surface area contributed by atoms with Gasteiger partial charge in [0.15, 0.2) is 0 Å². The van der Waals surface area contributed by atoms with Crippen molar-refractivity contribution in [3.63, 3.8) is 0 Å². The van der Waals surface area contributed by atoms with Crippen molar-refractivity contribution in [2.24, 2.45) is 0 Å². The third-order valence-corrected chi connectivity index (χ3v) is 4.34. The zero-order valence-corrected chi connectivity index (χ0v) is 13.5. The maximum Gasteiger partial charge on any atom is 0.243 e. The molecule has 22 heavy (non-hydrogen) atoms. The van der Waals surface area contributed by atoms with Crippen LogP contribution in [0.2, 0.25) is 0 Å². The van der Waals surface area contributed by atoms with E-state index in [1.165, 1.54) is 6.08 Å². The lowest BCUT2D eigenvalue weighted by Crippen LogP contribution is -2.25. The van der Waals surface area contributed by atoms with Gasteiger partial charge in [-0.25, -0.2) is 4.98 Å². The van der Waals surface area contributed by atoms with Crippen LogP contribution in [0.25, 0.3) is 10.2 Å². The van der Waals surface area contributed by atoms with Crippen LogP contribution >= 0.6 is 11.3 Å². The first-order valence-electron chi connectivity index (χ1n) is 7.10. The number of aromatic nitrogens is 1. The molecule has 0 aliphatic rings. The molecule has 0 fully saturated rings. The first kappa shape index (κ1) is 16.2. The fraction of sp³-hybridized carbons (Fsp3) is 0.312. The Morgan fingerprint density at radius 2 is 2.18 bits per heavy atom. The number of carbonyl (C=O) groups is 2. The second-order valence-electron chi connectivity index (χ2n) is 5.18. The van der Waals surface area contributed by atoms with Crippen LogP contribution in [-0.4, -0.2) is 23.3 Å². The summed E-state index contributed by atoms with van der Waals surface area (Å²) in [7, 11) is 0. The molecule has 5 nitrogen and oxygen atoms in total. The number of benzene rings is 1. The van der Waals surface area contributed by atoms with Crippen molar-refractivity contribution in [3.05, 3.63) is 35.9 Å². The second kappa shape index (κ2) is 7.17. The summed E-state index contributed by atoms with van der Waals surface area (Å²) >= 11 is 1.64. The van der Waals surface area contributed by atoms with E-state index < -0.39 is 0 Å². The SMILES string of the molecule is C=CC(=O)NCCC(=O)Nc1ccc2nc(C(C)C)sc2c1. The van der Waals surface area contributed by atoms with Crippen LogP contribution in [0.3, 0.4) is 0 Å². The second-order valence-corrected chi connectivity index (χ2v) is 6.24. The molecule has 0 radical (unpaired) electrons. The molecule has 0 aliphatic carbocycles. The van der Waals surface area contributed by atoms with Crippen LogP contribution in [0, 0.1) is 0 Å². The number of nitrogens with one attached hydrogen (secondary N) is 2. The Kier molecular flexibility index (Phi) is 5.27. The van der Waals surface area contributed by atoms with Crippen LogP contribution < -0.4 is 10.6 Å². The van der Waals surface area contributed by atoms with Gasteiger partial charge in [-0.15, -0.1) is 11.3 Å². The molecule has 0 atom stereocenters. The third kappa shape index (κ3) is 4.14. The number of carbonyl (C=O) groups excluding carboxylic acids is 2. The fourth-order valence-corrected chi connectivity index (χ4v) is 2.87. The normalized spacial score (nSPS) is 10.7. The molecule has 2 N–H and O–H groups in total. The van der Waals surface area contributed by atoms with Crippen molar-refractivity contribution in [1.82, 2.24) is 10.3 Å². The highest BCUT2D eigenvalue weighted by molar-refractivity contribution is 7.18. The summed E-state index contributed by atoms with van der Waals surface area (Å²) in [5.74, 6) is -0.0266. The highest BCUT2D eigenvalue weighted by Gasteiger charge is 2.09. The minimum Gasteiger partial charge on any atom is -0.352 e. The highest BCUT2D eigenvalue weighted by Crippen LogP contribution is 2.29. The average Bonchev–Trinajstić information content (AvgIpc) is 2.90. The van der Waals surface area contributed by atoms with Crippen LogP contribution in [0.15, 0.2) is 30.9 Å². The van der Waals surface area contributed by atoms with Crippen LogP contribution in [0.1, 0.15) is 31.2 Å². The smallest absolute Gasteiger partial charge is 0.243 e. The van der Waals surface area contributed by atoms with Crippen molar-refractivity contribution < 1.29 is 9.59 Å². The largest absolute Gasteiger partial charge is 0.352 e. The highest BCUT2D eigenvalue weighted by atomic mass is 32.1. The molecule has 0 spiro atoms. The summed E-state index contributed by atoms with van der Waals surface area (Å²) in [6, 6.07) is 5.68. The monoisotopic (exact) mass is 317 g/mol. The molecule has 1 heterocycles. The maximum atomic E-state index is 11.8. The Morgan fingerprint density at radius 3 is 2.86 bits per heavy atom. The van der Waals surface area contributed by atoms with Crippen LogP contribution in [0.4, 0.5) is 5.69 Å². The zero-order valence-electron chi connectivity index (χ0n) is 12.7. The van der Waals surface area contributed by atoms with Gasteiger partial charge in [-0.2, -0.15) is 0 Å². The van der Waals surface area contributed by atoms with Gasteiger partial charge < -0.3 is 10.6 Å². The first-order chi connectivity index (χ1) is 10.5. The summed E-state index contributed by atoms with van der Waals surface area (Å²) in [6.45, 7) is 7.86. The molecule has 2 aromatic rings. The molecule has 6 heteroatoms. The Morgan fingerprint density at radius 1 is 1.41 bits per heavy atom. The predicted molar refractivity (Wildman–Crippen MR) is 90.2 cm³/mol. The minimum atomic E-state index is -0.278. The Bertz CT molecular complexity index is 706. The lowest BCUT2D eigenvalue weighted by molar-refractivity contribution is -0.117. The van der Waals surface area contributed by atoms with Crippen molar-refractivity contribution in [3.8, 4) is 0 Å². The Balaban J connectivity index is 1.97. The van der Waals surface area contributed by atoms with E-state index in [2.05, 4.69) is 36.0 Å². The number of nitrogens with zero attached hydrogens (tertiary/aromatic N) is 1. The average molecular weight is 317 g/mol. The summed E-state index contributed by atoms with van der Waals surface area (Å²) < 4.78 is 1.06. The number of hydrogen-bond acceptors (Lipinski definition) is 4. The number of thiazole rings is 1. The van der Waals surface area contributed by atoms with E-state index in [-0.39, 0.29) is 24.8 Å². The van der Waals surface area contributed by atoms with E-state index >= 15 is 0 Å². The molecule has 0 unspecified atom stereocenters. The Hall–Kier alpha value is -2.21. The van der Waals surface area contributed by atoms with E-state index in [1.807, 2.05) is 18.2 Å². The number of hydrogen-bond donors (Lipinski definition) is 2. The Labute approximate surface area is 133 Å². The van der Waals surface area contributed by atoms with E-state index in [0.717, 1.165) is 20.9 Å². The van der Waals surface area contributed by atoms with E-state index in [9.17, 15) is 9.59 Å². The van der Waals surface area contributed by atoms with Gasteiger partial charge in [0.2, 0.25) is 11.8 Å². The van der Waals surface area contributed by atoms with Gasteiger partial charge in [-0.1, -0.05) is 20.4 Å². The van der Waals surface area contributed by atoms with Gasteiger partial charge in [0.1, 0.15) is 0 Å². The maximum absolute atomic E-state index is 11.8. The summed E-state index contributed by atoms with van der Waals surface area (Å²) in [5, 5.41) is 6.48. The van der Waals surface area contributed by atoms with Gasteiger partial charge in [-0.05, 0) is 24.3 Å². The van der Waals surface area contributed by atoms with Crippen LogP contribution in [-0.2, 0) is 9.59 Å². The summed E-state index contributed by atoms with van der Waals surface area (Å²) in [4.78, 5) is 27.4. The predicted octanol–water partition coefficient (Wildman–Crippen LogP) is 3.05. The number of anilines is 1. The van der Waals surface area contributed by atoms with Gasteiger partial charge in [-0.3, -0.25) is 9.59 Å². The van der Waals surface area contributed by atoms with Gasteiger partial charge in [0.25, 0.3) is 0 Å². The lowest BCUT2D eigenvalue weighted by atomic mass is 10.2. The quantitative estimate of drug-likeness (QED) is 0.804. The summed E-state index contributed by atoms with van der Waals surface area (Å²) in [5.41, 5.74) is 1.69. The molecular formula is C16H19N3O2S. The van der Waals surface area contributed by atoms with Gasteiger partial charge >= 0.3 is 0 Å². The fourth-order valence-electron chi connectivity index (χ4n) is 1.86. The molecule has 1 aromatic carbocycles. The molecule has 1 aromatic heterocycles. The van der Waals surface area contributed by atoms with E-state index in [0.29, 0.717) is 5.92 Å². The van der Waals surface area contributed by atoms with Crippen molar-refractivity contribution in [1.29, 1.82) is 0 Å². The van der Waals surface area contributed by atoms with Crippen molar-refractivity contribution >= 4 is 39.1 Å². The molecule has 0 bridgehead atoms. The molecule has 2 rings (SSSR count). The standard InChI is InChI=1S/C16H19N3O2S/c1-4-14(20)17-8-7-15(21)18-11-5-6-12-13(9-11)22-16(19-12)10(2)3/h4-6,9-10H,1,7-8H2,2-3H3,(H,17,20)(H,18,21). The molecule has 0 saturated heterocycles. The van der Waals surface area contributed by atoms with E-state index in [1.54, 1.807) is 11.3 Å². The van der Waals surface area contributed by atoms with E-state index in [4.69, 9.17) is 0 Å². The zero-order chi connectivity index (χ0) is 16.1. The van der Waals surface area contributed by atoms with Crippen LogP contribution in [0.5, 0.6) is 0 Å². The summed E-state index contributed by atoms with van der Waals surface area (Å²) in [6.07, 6.45) is 1.40. The first-order valence-corrected chi connectivity index (χ1v) is 7.92. The molecular weight excluding hydrogens is 298 g/mol. The number of amides is 2. The van der Waals surface area contributed by atoms with Gasteiger partial charge in [0, 0.05) is 24.6 Å². The number of fused-ring (bicyclic) bond motifs is 1. The molecule has 0 aliphatic heterocycles. The molecule has 2 amide bonds. The van der Waals surface area contributed by atoms with Crippen molar-refractivity contribution in [2.75, 3.05) is 11.9 Å². The number of rotatable bonds is 6.